The first kappa shape index (κ1) is 14.4. The Bertz CT molecular complexity index is 519. The van der Waals surface area contributed by atoms with E-state index in [4.69, 9.17) is 4.74 Å². The molecule has 1 amide bonds. The second kappa shape index (κ2) is 5.68. The van der Waals surface area contributed by atoms with Gasteiger partial charge in [-0.15, -0.1) is 0 Å². The van der Waals surface area contributed by atoms with Gasteiger partial charge in [-0.05, 0) is 37.8 Å². The van der Waals surface area contributed by atoms with Gasteiger partial charge >= 0.3 is 0 Å². The molecule has 0 aliphatic carbocycles. The van der Waals surface area contributed by atoms with Gasteiger partial charge in [0.15, 0.2) is 0 Å². The fourth-order valence-electron chi connectivity index (χ4n) is 3.49. The lowest BCUT2D eigenvalue weighted by atomic mass is 9.93. The quantitative estimate of drug-likeness (QED) is 0.924. The van der Waals surface area contributed by atoms with E-state index in [1.54, 1.807) is 0 Å². The van der Waals surface area contributed by atoms with Crippen molar-refractivity contribution in [1.82, 2.24) is 4.90 Å². The van der Waals surface area contributed by atoms with E-state index in [2.05, 4.69) is 19.2 Å². The number of para-hydroxylation sites is 1. The predicted molar refractivity (Wildman–Crippen MR) is 83.4 cm³/mol. The van der Waals surface area contributed by atoms with Crippen LogP contribution in [0.1, 0.15) is 49.9 Å². The minimum atomic E-state index is -0.294. The van der Waals surface area contributed by atoms with E-state index in [9.17, 15) is 4.79 Å². The molecular formula is C17H24N2O2. The maximum absolute atomic E-state index is 13.0. The van der Waals surface area contributed by atoms with Crippen molar-refractivity contribution in [3.8, 4) is 0 Å². The van der Waals surface area contributed by atoms with Crippen molar-refractivity contribution >= 4 is 11.6 Å². The zero-order valence-corrected chi connectivity index (χ0v) is 12.9. The van der Waals surface area contributed by atoms with Crippen molar-refractivity contribution in [3.05, 3.63) is 29.8 Å². The summed E-state index contributed by atoms with van der Waals surface area (Å²) in [5.74, 6) is 0.128. The molecule has 0 bridgehead atoms. The average molecular weight is 288 g/mol. The van der Waals surface area contributed by atoms with Gasteiger partial charge in [0.1, 0.15) is 5.66 Å². The van der Waals surface area contributed by atoms with Crippen LogP contribution in [0.15, 0.2) is 24.3 Å². The van der Waals surface area contributed by atoms with E-state index < -0.39 is 0 Å². The number of ether oxygens (including phenoxy) is 1. The van der Waals surface area contributed by atoms with Gasteiger partial charge in [0.25, 0.3) is 5.91 Å². The van der Waals surface area contributed by atoms with Crippen LogP contribution in [0, 0.1) is 0 Å². The number of nitrogens with zero attached hydrogens (tertiary/aromatic N) is 1. The van der Waals surface area contributed by atoms with Gasteiger partial charge in [-0.1, -0.05) is 26.0 Å². The Morgan fingerprint density at radius 1 is 1.33 bits per heavy atom. The molecule has 1 fully saturated rings. The van der Waals surface area contributed by atoms with E-state index in [1.165, 1.54) is 0 Å². The summed E-state index contributed by atoms with van der Waals surface area (Å²) in [6, 6.07) is 7.80. The fourth-order valence-corrected chi connectivity index (χ4v) is 3.49. The van der Waals surface area contributed by atoms with Crippen LogP contribution in [0.3, 0.4) is 0 Å². The zero-order valence-electron chi connectivity index (χ0n) is 12.9. The first-order valence-electron chi connectivity index (χ1n) is 8.01. The lowest BCUT2D eigenvalue weighted by molar-refractivity contribution is 0.0188. The SMILES string of the molecule is CCC1(CC)Nc2ccccc2C(=O)N1CC1CCCO1. The number of amides is 1. The monoisotopic (exact) mass is 288 g/mol. The van der Waals surface area contributed by atoms with Crippen LogP contribution in [0.2, 0.25) is 0 Å². The molecule has 0 aromatic heterocycles. The zero-order chi connectivity index (χ0) is 14.9. The van der Waals surface area contributed by atoms with E-state index in [1.807, 2.05) is 29.2 Å². The number of benzene rings is 1. The van der Waals surface area contributed by atoms with Crippen molar-refractivity contribution in [2.45, 2.75) is 51.3 Å². The Balaban J connectivity index is 1.95. The standard InChI is InChI=1S/C17H24N2O2/c1-3-17(4-2)18-15-10-6-5-9-14(15)16(20)19(17)12-13-8-7-11-21-13/h5-6,9-10,13,18H,3-4,7-8,11-12H2,1-2H3. The second-order valence-electron chi connectivity index (χ2n) is 5.96. The molecule has 114 valence electrons. The molecule has 1 N–H and O–H groups in total. The van der Waals surface area contributed by atoms with Crippen LogP contribution >= 0.6 is 0 Å². The highest BCUT2D eigenvalue weighted by Gasteiger charge is 2.43. The van der Waals surface area contributed by atoms with Gasteiger partial charge in [0.05, 0.1) is 11.7 Å². The number of hydrogen-bond acceptors (Lipinski definition) is 3. The fraction of sp³-hybridized carbons (Fsp3) is 0.588. The molecule has 1 aromatic carbocycles. The molecule has 2 aliphatic heterocycles. The summed E-state index contributed by atoms with van der Waals surface area (Å²) in [5.41, 5.74) is 1.43. The predicted octanol–water partition coefficient (Wildman–Crippen LogP) is 3.25. The number of carbonyl (C=O) groups excluding carboxylic acids is 1. The van der Waals surface area contributed by atoms with E-state index >= 15 is 0 Å². The third kappa shape index (κ3) is 2.42. The molecule has 1 saturated heterocycles. The van der Waals surface area contributed by atoms with Gasteiger partial charge in [0, 0.05) is 18.8 Å². The normalized spacial score (nSPS) is 23.8. The minimum absolute atomic E-state index is 0.128. The van der Waals surface area contributed by atoms with Gasteiger partial charge < -0.3 is 15.0 Å². The van der Waals surface area contributed by atoms with Gasteiger partial charge in [0.2, 0.25) is 0 Å². The highest BCUT2D eigenvalue weighted by Crippen LogP contribution is 2.36. The summed E-state index contributed by atoms with van der Waals surface area (Å²) in [5, 5.41) is 3.61. The summed E-state index contributed by atoms with van der Waals surface area (Å²) in [4.78, 5) is 15.0. The summed E-state index contributed by atoms with van der Waals surface area (Å²) >= 11 is 0. The molecule has 1 unspecified atom stereocenters. The van der Waals surface area contributed by atoms with Crippen LogP contribution in [0.5, 0.6) is 0 Å². The molecule has 0 saturated carbocycles. The first-order valence-corrected chi connectivity index (χ1v) is 8.01. The Hall–Kier alpha value is -1.55. The van der Waals surface area contributed by atoms with E-state index in [0.29, 0.717) is 6.54 Å². The highest BCUT2D eigenvalue weighted by molar-refractivity contribution is 6.02. The van der Waals surface area contributed by atoms with Gasteiger partial charge in [-0.2, -0.15) is 0 Å². The van der Waals surface area contributed by atoms with Crippen LogP contribution in [0.4, 0.5) is 5.69 Å². The highest BCUT2D eigenvalue weighted by atomic mass is 16.5. The molecule has 3 rings (SSSR count). The molecule has 4 nitrogen and oxygen atoms in total. The number of nitrogens with one attached hydrogen (secondary N) is 1. The number of carbonyl (C=O) groups is 1. The maximum atomic E-state index is 13.0. The smallest absolute Gasteiger partial charge is 0.257 e. The first-order chi connectivity index (χ1) is 10.2. The summed E-state index contributed by atoms with van der Waals surface area (Å²) in [6.45, 7) is 5.78. The summed E-state index contributed by atoms with van der Waals surface area (Å²) < 4.78 is 5.75. The minimum Gasteiger partial charge on any atom is -0.376 e. The second-order valence-corrected chi connectivity index (χ2v) is 5.96. The Labute approximate surface area is 126 Å². The maximum Gasteiger partial charge on any atom is 0.257 e. The average Bonchev–Trinajstić information content (AvgIpc) is 3.03. The van der Waals surface area contributed by atoms with Crippen molar-refractivity contribution in [3.63, 3.8) is 0 Å². The summed E-state index contributed by atoms with van der Waals surface area (Å²) in [6.07, 6.45) is 4.10. The molecule has 21 heavy (non-hydrogen) atoms. The number of hydrogen-bond donors (Lipinski definition) is 1. The Morgan fingerprint density at radius 2 is 2.10 bits per heavy atom. The van der Waals surface area contributed by atoms with Crippen molar-refractivity contribution in [2.24, 2.45) is 0 Å². The number of anilines is 1. The van der Waals surface area contributed by atoms with Crippen molar-refractivity contribution < 1.29 is 9.53 Å². The number of rotatable bonds is 4. The van der Waals surface area contributed by atoms with Crippen LogP contribution in [-0.2, 0) is 4.74 Å². The third-order valence-electron chi connectivity index (χ3n) is 4.87. The molecule has 1 atom stereocenters. The summed E-state index contributed by atoms with van der Waals surface area (Å²) in [7, 11) is 0. The molecule has 0 spiro atoms. The lowest BCUT2D eigenvalue weighted by Crippen LogP contribution is -2.61. The van der Waals surface area contributed by atoms with Gasteiger partial charge in [-0.3, -0.25) is 4.79 Å². The third-order valence-corrected chi connectivity index (χ3v) is 4.87. The van der Waals surface area contributed by atoms with Crippen LogP contribution < -0.4 is 5.32 Å². The van der Waals surface area contributed by atoms with E-state index in [-0.39, 0.29) is 17.7 Å². The molecule has 1 aromatic rings. The van der Waals surface area contributed by atoms with E-state index in [0.717, 1.165) is 43.5 Å². The lowest BCUT2D eigenvalue weighted by Gasteiger charge is -2.48. The largest absolute Gasteiger partial charge is 0.376 e. The molecule has 4 heteroatoms. The van der Waals surface area contributed by atoms with Crippen LogP contribution in [-0.4, -0.2) is 35.7 Å². The number of fused-ring (bicyclic) bond motifs is 1. The van der Waals surface area contributed by atoms with Crippen LogP contribution in [0.25, 0.3) is 0 Å². The Morgan fingerprint density at radius 3 is 2.76 bits per heavy atom. The van der Waals surface area contributed by atoms with Gasteiger partial charge in [-0.25, -0.2) is 0 Å². The van der Waals surface area contributed by atoms with Crippen molar-refractivity contribution in [1.29, 1.82) is 0 Å². The topological polar surface area (TPSA) is 41.6 Å². The molecule has 2 heterocycles. The van der Waals surface area contributed by atoms with Crippen molar-refractivity contribution in [2.75, 3.05) is 18.5 Å². The Kier molecular flexibility index (Phi) is 3.89. The molecular weight excluding hydrogens is 264 g/mol. The molecule has 2 aliphatic rings. The molecule has 0 radical (unpaired) electrons.